The molecule has 1 aliphatic heterocycles. The fourth-order valence-electron chi connectivity index (χ4n) is 2.94. The van der Waals surface area contributed by atoms with Crippen molar-refractivity contribution in [1.82, 2.24) is 9.62 Å². The van der Waals surface area contributed by atoms with Gasteiger partial charge < -0.3 is 14.8 Å². The summed E-state index contributed by atoms with van der Waals surface area (Å²) in [5.74, 6) is 0.165. The smallest absolute Gasteiger partial charge is 0.258 e. The van der Waals surface area contributed by atoms with Gasteiger partial charge in [0.2, 0.25) is 10.0 Å². The molecule has 0 aromatic heterocycles. The summed E-state index contributed by atoms with van der Waals surface area (Å²) in [5, 5.41) is 2.87. The Morgan fingerprint density at radius 3 is 2.55 bits per heavy atom. The van der Waals surface area contributed by atoms with Gasteiger partial charge in [-0.3, -0.25) is 4.79 Å². The fraction of sp³-hybridized carbons (Fsp3) is 0.350. The van der Waals surface area contributed by atoms with E-state index in [0.717, 1.165) is 10.0 Å². The molecule has 1 atom stereocenters. The first-order chi connectivity index (χ1) is 13.9. The second kappa shape index (κ2) is 9.71. The van der Waals surface area contributed by atoms with Gasteiger partial charge in [-0.2, -0.15) is 4.31 Å². The minimum atomic E-state index is -3.55. The van der Waals surface area contributed by atoms with E-state index in [2.05, 4.69) is 21.2 Å². The highest BCUT2D eigenvalue weighted by Gasteiger charge is 2.26. The number of nitrogens with one attached hydrogen (secondary N) is 1. The maximum absolute atomic E-state index is 12.6. The number of hydrogen-bond acceptors (Lipinski definition) is 5. The van der Waals surface area contributed by atoms with Gasteiger partial charge in [-0.1, -0.05) is 28.1 Å². The number of hydrogen-bond donors (Lipinski definition) is 1. The molecular weight excluding hydrogens is 460 g/mol. The molecule has 156 valence electrons. The summed E-state index contributed by atoms with van der Waals surface area (Å²) in [7, 11) is -3.55. The molecule has 0 bridgehead atoms. The van der Waals surface area contributed by atoms with Crippen LogP contribution in [0.15, 0.2) is 57.9 Å². The lowest BCUT2D eigenvalue weighted by molar-refractivity contribution is -0.123. The van der Waals surface area contributed by atoms with Crippen LogP contribution in [0.25, 0.3) is 0 Å². The van der Waals surface area contributed by atoms with Crippen LogP contribution in [0.5, 0.6) is 5.75 Å². The zero-order valence-corrected chi connectivity index (χ0v) is 18.4. The summed E-state index contributed by atoms with van der Waals surface area (Å²) in [6.07, 6.45) is 0. The maximum atomic E-state index is 12.6. The number of carbonyl (C=O) groups is 1. The maximum Gasteiger partial charge on any atom is 0.258 e. The van der Waals surface area contributed by atoms with Gasteiger partial charge in [0.15, 0.2) is 6.61 Å². The third-order valence-corrected chi connectivity index (χ3v) is 6.93. The van der Waals surface area contributed by atoms with Crippen molar-refractivity contribution in [3.63, 3.8) is 0 Å². The summed E-state index contributed by atoms with van der Waals surface area (Å²) in [6.45, 7) is 3.22. The number of morpholine rings is 1. The Morgan fingerprint density at radius 2 is 1.90 bits per heavy atom. The normalized spacial score (nSPS) is 16.2. The molecule has 2 aromatic rings. The van der Waals surface area contributed by atoms with Crippen molar-refractivity contribution in [3.8, 4) is 5.75 Å². The Labute approximate surface area is 179 Å². The zero-order chi connectivity index (χ0) is 20.9. The lowest BCUT2D eigenvalue weighted by atomic mass is 10.1. The van der Waals surface area contributed by atoms with E-state index in [1.807, 2.05) is 31.2 Å². The predicted octanol–water partition coefficient (Wildman–Crippen LogP) is 2.73. The SMILES string of the molecule is CC(NC(=O)COc1ccc(S(=O)(=O)N2CCOCC2)cc1)c1cccc(Br)c1. The van der Waals surface area contributed by atoms with Gasteiger partial charge >= 0.3 is 0 Å². The number of ether oxygens (including phenoxy) is 2. The van der Waals surface area contributed by atoms with Crippen molar-refractivity contribution >= 4 is 31.9 Å². The van der Waals surface area contributed by atoms with E-state index in [-0.39, 0.29) is 23.5 Å². The van der Waals surface area contributed by atoms with Crippen LogP contribution in [0, 0.1) is 0 Å². The lowest BCUT2D eigenvalue weighted by Gasteiger charge is -2.26. The quantitative estimate of drug-likeness (QED) is 0.655. The van der Waals surface area contributed by atoms with Crippen molar-refractivity contribution in [2.45, 2.75) is 17.9 Å². The van der Waals surface area contributed by atoms with Crippen molar-refractivity contribution in [2.24, 2.45) is 0 Å². The Bertz CT molecular complexity index is 944. The zero-order valence-electron chi connectivity index (χ0n) is 16.0. The van der Waals surface area contributed by atoms with Crippen LogP contribution in [0.2, 0.25) is 0 Å². The van der Waals surface area contributed by atoms with Crippen LogP contribution in [0.4, 0.5) is 0 Å². The van der Waals surface area contributed by atoms with Crippen molar-refractivity contribution in [3.05, 3.63) is 58.6 Å². The van der Waals surface area contributed by atoms with Gasteiger partial charge in [0.1, 0.15) is 5.75 Å². The molecule has 0 radical (unpaired) electrons. The van der Waals surface area contributed by atoms with Crippen LogP contribution in [-0.4, -0.2) is 51.5 Å². The summed E-state index contributed by atoms with van der Waals surface area (Å²) in [5.41, 5.74) is 0.977. The Balaban J connectivity index is 1.54. The first-order valence-corrected chi connectivity index (χ1v) is 11.4. The molecule has 1 N–H and O–H groups in total. The topological polar surface area (TPSA) is 84.9 Å². The minimum absolute atomic E-state index is 0.159. The van der Waals surface area contributed by atoms with Crippen molar-refractivity contribution in [2.75, 3.05) is 32.9 Å². The van der Waals surface area contributed by atoms with Crippen LogP contribution in [-0.2, 0) is 19.6 Å². The summed E-state index contributed by atoms with van der Waals surface area (Å²) in [4.78, 5) is 12.3. The molecule has 1 saturated heterocycles. The molecular formula is C20H23BrN2O5S. The number of rotatable bonds is 7. The van der Waals surface area contributed by atoms with Gasteiger partial charge in [-0.15, -0.1) is 0 Å². The second-order valence-electron chi connectivity index (χ2n) is 6.62. The Morgan fingerprint density at radius 1 is 1.21 bits per heavy atom. The van der Waals surface area contributed by atoms with E-state index >= 15 is 0 Å². The van der Waals surface area contributed by atoms with E-state index in [4.69, 9.17) is 9.47 Å². The largest absolute Gasteiger partial charge is 0.484 e. The third kappa shape index (κ3) is 5.79. The first-order valence-electron chi connectivity index (χ1n) is 9.22. The lowest BCUT2D eigenvalue weighted by Crippen LogP contribution is -2.40. The van der Waals surface area contributed by atoms with E-state index in [1.54, 1.807) is 12.1 Å². The Hall–Kier alpha value is -1.94. The summed E-state index contributed by atoms with van der Waals surface area (Å²) >= 11 is 3.41. The molecule has 0 saturated carbocycles. The average Bonchev–Trinajstić information content (AvgIpc) is 2.73. The highest BCUT2D eigenvalue weighted by Crippen LogP contribution is 2.21. The summed E-state index contributed by atoms with van der Waals surface area (Å²) < 4.78 is 38.3. The number of halogens is 1. The van der Waals surface area contributed by atoms with Gasteiger partial charge in [0, 0.05) is 17.6 Å². The Kier molecular flexibility index (Phi) is 7.28. The minimum Gasteiger partial charge on any atom is -0.484 e. The molecule has 9 heteroatoms. The standard InChI is InChI=1S/C20H23BrN2O5S/c1-15(16-3-2-4-17(21)13-16)22-20(24)14-28-18-5-7-19(8-6-18)29(25,26)23-9-11-27-12-10-23/h2-8,13,15H,9-12,14H2,1H3,(H,22,24). The molecule has 2 aromatic carbocycles. The third-order valence-electron chi connectivity index (χ3n) is 4.53. The van der Waals surface area contributed by atoms with Crippen LogP contribution in [0.3, 0.4) is 0 Å². The molecule has 3 rings (SSSR count). The second-order valence-corrected chi connectivity index (χ2v) is 9.47. The molecule has 1 amide bonds. The van der Waals surface area contributed by atoms with Crippen LogP contribution in [0.1, 0.15) is 18.5 Å². The molecule has 1 fully saturated rings. The summed E-state index contributed by atoms with van der Waals surface area (Å²) in [6, 6.07) is 13.6. The number of benzene rings is 2. The van der Waals surface area contributed by atoms with E-state index in [1.165, 1.54) is 16.4 Å². The molecule has 7 nitrogen and oxygen atoms in total. The molecule has 1 unspecified atom stereocenters. The highest BCUT2D eigenvalue weighted by molar-refractivity contribution is 9.10. The van der Waals surface area contributed by atoms with E-state index < -0.39 is 10.0 Å². The van der Waals surface area contributed by atoms with E-state index in [9.17, 15) is 13.2 Å². The number of nitrogens with zero attached hydrogens (tertiary/aromatic N) is 1. The molecule has 0 aliphatic carbocycles. The highest BCUT2D eigenvalue weighted by atomic mass is 79.9. The van der Waals surface area contributed by atoms with Crippen molar-refractivity contribution in [1.29, 1.82) is 0 Å². The molecule has 0 spiro atoms. The number of sulfonamides is 1. The molecule has 29 heavy (non-hydrogen) atoms. The number of amides is 1. The van der Waals surface area contributed by atoms with E-state index in [0.29, 0.717) is 32.1 Å². The number of carbonyl (C=O) groups excluding carboxylic acids is 1. The van der Waals surface area contributed by atoms with Crippen molar-refractivity contribution < 1.29 is 22.7 Å². The van der Waals surface area contributed by atoms with Crippen LogP contribution >= 0.6 is 15.9 Å². The molecule has 1 heterocycles. The van der Waals surface area contributed by atoms with Gasteiger partial charge in [-0.25, -0.2) is 8.42 Å². The van der Waals surface area contributed by atoms with Gasteiger partial charge in [-0.05, 0) is 48.9 Å². The first kappa shape index (κ1) is 21.8. The van der Waals surface area contributed by atoms with Gasteiger partial charge in [0.25, 0.3) is 5.91 Å². The fourth-order valence-corrected chi connectivity index (χ4v) is 4.76. The van der Waals surface area contributed by atoms with Gasteiger partial charge in [0.05, 0.1) is 24.2 Å². The average molecular weight is 483 g/mol. The molecule has 1 aliphatic rings. The predicted molar refractivity (Wildman–Crippen MR) is 112 cm³/mol. The van der Waals surface area contributed by atoms with Crippen LogP contribution < -0.4 is 10.1 Å². The monoisotopic (exact) mass is 482 g/mol.